The summed E-state index contributed by atoms with van der Waals surface area (Å²) in [5.41, 5.74) is -0.870. The van der Waals surface area contributed by atoms with E-state index < -0.39 is 11.4 Å². The summed E-state index contributed by atoms with van der Waals surface area (Å²) in [5, 5.41) is 0. The number of hydrogen-bond donors (Lipinski definition) is 0. The van der Waals surface area contributed by atoms with Gasteiger partial charge in [-0.2, -0.15) is 4.98 Å². The van der Waals surface area contributed by atoms with Crippen LogP contribution in [0.1, 0.15) is 45.3 Å². The Morgan fingerprint density at radius 2 is 2.13 bits per heavy atom. The van der Waals surface area contributed by atoms with Crippen molar-refractivity contribution < 1.29 is 18.9 Å². The van der Waals surface area contributed by atoms with Crippen LogP contribution in [-0.2, 0) is 14.2 Å². The minimum atomic E-state index is -0.557. The van der Waals surface area contributed by atoms with Crippen molar-refractivity contribution >= 4 is 0 Å². The third-order valence-electron chi connectivity index (χ3n) is 5.63. The van der Waals surface area contributed by atoms with Gasteiger partial charge in [-0.15, -0.1) is 0 Å². The van der Waals surface area contributed by atoms with E-state index in [0.717, 1.165) is 32.1 Å². The van der Waals surface area contributed by atoms with Gasteiger partial charge in [0.05, 0.1) is 0 Å². The Balaban J connectivity index is 1.60. The van der Waals surface area contributed by atoms with Crippen LogP contribution < -0.4 is 10.3 Å². The second kappa shape index (κ2) is 4.55. The average molecular weight is 320 g/mol. The summed E-state index contributed by atoms with van der Waals surface area (Å²) in [5.74, 6) is -0.464. The summed E-state index contributed by atoms with van der Waals surface area (Å²) >= 11 is 0. The van der Waals surface area contributed by atoms with Crippen LogP contribution in [0.4, 0.5) is 0 Å². The molecule has 124 valence electrons. The fourth-order valence-electron chi connectivity index (χ4n) is 4.38. The second-order valence-corrected chi connectivity index (χ2v) is 6.91. The molecule has 1 spiro atoms. The highest BCUT2D eigenvalue weighted by molar-refractivity contribution is 5.14. The molecule has 7 nitrogen and oxygen atoms in total. The zero-order valence-electron chi connectivity index (χ0n) is 13.1. The van der Waals surface area contributed by atoms with Crippen LogP contribution >= 0.6 is 0 Å². The van der Waals surface area contributed by atoms with Crippen molar-refractivity contribution in [3.05, 3.63) is 22.6 Å². The van der Waals surface area contributed by atoms with Gasteiger partial charge in [0.1, 0.15) is 24.4 Å². The largest absolute Gasteiger partial charge is 0.461 e. The monoisotopic (exact) mass is 320 g/mol. The fraction of sp³-hybridized carbons (Fsp3) is 0.750. The van der Waals surface area contributed by atoms with E-state index in [0.29, 0.717) is 12.6 Å². The van der Waals surface area contributed by atoms with Crippen molar-refractivity contribution in [2.45, 2.75) is 68.9 Å². The number of ether oxygens (including phenoxy) is 4. The quantitative estimate of drug-likeness (QED) is 0.778. The lowest BCUT2D eigenvalue weighted by Crippen LogP contribution is -2.48. The first kappa shape index (κ1) is 13.9. The summed E-state index contributed by atoms with van der Waals surface area (Å²) < 4.78 is 26.7. The van der Waals surface area contributed by atoms with E-state index >= 15 is 0 Å². The molecule has 7 heteroatoms. The maximum Gasteiger partial charge on any atom is 0.302 e. The van der Waals surface area contributed by atoms with Gasteiger partial charge in [0.15, 0.2) is 12.0 Å². The first-order chi connectivity index (χ1) is 11.1. The zero-order chi connectivity index (χ0) is 15.7. The number of aromatic nitrogens is 2. The van der Waals surface area contributed by atoms with E-state index in [2.05, 4.69) is 11.9 Å². The number of nitrogens with zero attached hydrogens (tertiary/aromatic N) is 2. The molecule has 4 atom stereocenters. The number of hydrogen-bond acceptors (Lipinski definition) is 6. The molecule has 0 amide bonds. The fourth-order valence-corrected chi connectivity index (χ4v) is 4.38. The van der Waals surface area contributed by atoms with Crippen molar-refractivity contribution in [1.82, 2.24) is 9.55 Å². The Labute approximate surface area is 133 Å². The Morgan fingerprint density at radius 3 is 2.91 bits per heavy atom. The van der Waals surface area contributed by atoms with Gasteiger partial charge in [0, 0.05) is 25.1 Å². The van der Waals surface area contributed by atoms with Crippen LogP contribution in [0.25, 0.3) is 0 Å². The molecule has 0 aromatic carbocycles. The minimum Gasteiger partial charge on any atom is -0.461 e. The first-order valence-electron chi connectivity index (χ1n) is 8.40. The molecule has 3 aliphatic heterocycles. The number of rotatable bonds is 1. The molecule has 1 saturated carbocycles. The predicted molar refractivity (Wildman–Crippen MR) is 78.1 cm³/mol. The van der Waals surface area contributed by atoms with Crippen molar-refractivity contribution in [3.63, 3.8) is 0 Å². The Morgan fingerprint density at radius 1 is 1.30 bits per heavy atom. The third kappa shape index (κ3) is 1.81. The van der Waals surface area contributed by atoms with E-state index in [1.165, 1.54) is 6.07 Å². The summed E-state index contributed by atoms with van der Waals surface area (Å²) in [7, 11) is 0. The normalized spacial score (nSPS) is 39.8. The topological polar surface area (TPSA) is 71.8 Å². The Hall–Kier alpha value is -1.44. The Kier molecular flexibility index (Phi) is 2.76. The summed E-state index contributed by atoms with van der Waals surface area (Å²) in [6.07, 6.45) is 5.84. The molecular weight excluding hydrogens is 300 g/mol. The van der Waals surface area contributed by atoms with Gasteiger partial charge in [-0.05, 0) is 19.3 Å². The molecule has 0 radical (unpaired) electrons. The minimum absolute atomic E-state index is 0.150. The second-order valence-electron chi connectivity index (χ2n) is 6.91. The van der Waals surface area contributed by atoms with Crippen LogP contribution in [-0.4, -0.2) is 39.8 Å². The molecule has 23 heavy (non-hydrogen) atoms. The smallest absolute Gasteiger partial charge is 0.302 e. The molecule has 1 aliphatic carbocycles. The summed E-state index contributed by atoms with van der Waals surface area (Å²) in [4.78, 5) is 15.5. The van der Waals surface area contributed by atoms with Crippen LogP contribution in [0.15, 0.2) is 17.1 Å². The lowest BCUT2D eigenvalue weighted by molar-refractivity contribution is -0.233. The van der Waals surface area contributed by atoms with Crippen molar-refractivity contribution in [3.8, 4) is 6.01 Å². The molecule has 0 N–H and O–H groups in total. The van der Waals surface area contributed by atoms with Gasteiger partial charge in [-0.25, -0.2) is 0 Å². The van der Waals surface area contributed by atoms with E-state index in [9.17, 15) is 4.79 Å². The van der Waals surface area contributed by atoms with Gasteiger partial charge in [-0.3, -0.25) is 9.36 Å². The summed E-state index contributed by atoms with van der Waals surface area (Å²) in [6, 6.07) is 1.72. The SMILES string of the molecule is CC[C@]12COc3nc(=O)ccn3[C@H](O1)[C@@H]1OC3(CCCC3)O[C@@H]12. The molecule has 2 bridgehead atoms. The van der Waals surface area contributed by atoms with Crippen molar-refractivity contribution in [1.29, 1.82) is 0 Å². The zero-order valence-corrected chi connectivity index (χ0v) is 13.1. The van der Waals surface area contributed by atoms with Crippen molar-refractivity contribution in [2.75, 3.05) is 6.61 Å². The molecule has 1 aromatic rings. The van der Waals surface area contributed by atoms with E-state index in [-0.39, 0.29) is 24.0 Å². The van der Waals surface area contributed by atoms with E-state index in [1.807, 2.05) is 0 Å². The maximum atomic E-state index is 11.5. The summed E-state index contributed by atoms with van der Waals surface area (Å²) in [6.45, 7) is 2.38. The molecule has 4 heterocycles. The van der Waals surface area contributed by atoms with Gasteiger partial charge in [-0.1, -0.05) is 6.92 Å². The third-order valence-corrected chi connectivity index (χ3v) is 5.63. The number of fused-ring (bicyclic) bond motifs is 7. The van der Waals surface area contributed by atoms with E-state index in [4.69, 9.17) is 18.9 Å². The lowest BCUT2D eigenvalue weighted by atomic mass is 9.93. The van der Waals surface area contributed by atoms with Crippen LogP contribution in [0.3, 0.4) is 0 Å². The highest BCUT2D eigenvalue weighted by atomic mass is 16.8. The molecule has 1 aromatic heterocycles. The van der Waals surface area contributed by atoms with Crippen LogP contribution in [0.2, 0.25) is 0 Å². The predicted octanol–water partition coefficient (Wildman–Crippen LogP) is 1.37. The molecule has 3 fully saturated rings. The molecule has 2 saturated heterocycles. The average Bonchev–Trinajstić information content (AvgIpc) is 3.19. The van der Waals surface area contributed by atoms with Crippen molar-refractivity contribution in [2.24, 2.45) is 0 Å². The lowest BCUT2D eigenvalue weighted by Gasteiger charge is -2.32. The van der Waals surface area contributed by atoms with Crippen LogP contribution in [0.5, 0.6) is 6.01 Å². The standard InChI is InChI=1S/C16H20N2O5/c1-2-15-9-20-14-17-10(19)5-8-18(14)13(23-15)11-12(15)22-16(21-11)6-3-4-7-16/h5,8,11-13H,2-4,6-7,9H2,1H3/t11-,12+,13-,15-/m1/s1. The van der Waals surface area contributed by atoms with Gasteiger partial charge < -0.3 is 18.9 Å². The Bertz CT molecular complexity index is 698. The van der Waals surface area contributed by atoms with Crippen LogP contribution in [0, 0.1) is 0 Å². The highest BCUT2D eigenvalue weighted by Crippen LogP contribution is 2.54. The van der Waals surface area contributed by atoms with Gasteiger partial charge >= 0.3 is 6.01 Å². The van der Waals surface area contributed by atoms with Gasteiger partial charge in [0.25, 0.3) is 5.56 Å². The maximum absolute atomic E-state index is 11.5. The first-order valence-corrected chi connectivity index (χ1v) is 8.40. The molecule has 5 rings (SSSR count). The molecular formula is C16H20N2O5. The molecule has 4 aliphatic rings. The van der Waals surface area contributed by atoms with Gasteiger partial charge in [0.2, 0.25) is 0 Å². The highest BCUT2D eigenvalue weighted by Gasteiger charge is 2.66. The molecule has 0 unspecified atom stereocenters. The van der Waals surface area contributed by atoms with E-state index in [1.54, 1.807) is 10.8 Å².